The van der Waals surface area contributed by atoms with Crippen molar-refractivity contribution < 1.29 is 18.7 Å². The number of hydrogen-bond donors (Lipinski definition) is 4. The Hall–Kier alpha value is -8.94. The molecule has 2 aliphatic carbocycles. The normalized spacial score (nSPS) is 16.7. The molecule has 0 atom stereocenters. The van der Waals surface area contributed by atoms with Crippen LogP contribution < -0.4 is 32.7 Å². The highest BCUT2D eigenvalue weighted by atomic mass is 19.1. The average molecular weight is 1070 g/mol. The molecule has 2 aliphatic heterocycles. The van der Waals surface area contributed by atoms with E-state index in [0.717, 1.165) is 108 Å². The maximum absolute atomic E-state index is 14.8. The molecule has 18 heteroatoms. The number of nitrogens with two attached hydrogens (primary N) is 4. The van der Waals surface area contributed by atoms with Gasteiger partial charge in [0.15, 0.2) is 22.9 Å². The average Bonchev–Trinajstić information content (AvgIpc) is 4.28. The van der Waals surface area contributed by atoms with Gasteiger partial charge in [-0.2, -0.15) is 0 Å². The van der Waals surface area contributed by atoms with Gasteiger partial charge in [0, 0.05) is 77.0 Å². The van der Waals surface area contributed by atoms with Crippen LogP contribution in [0.5, 0.6) is 0 Å². The number of pyridine rings is 4. The van der Waals surface area contributed by atoms with Gasteiger partial charge in [0.25, 0.3) is 5.91 Å². The minimum atomic E-state index is -0.305. The van der Waals surface area contributed by atoms with Crippen molar-refractivity contribution in [2.75, 3.05) is 67.3 Å². The number of ether oxygens (including phenoxy) is 2. The van der Waals surface area contributed by atoms with Crippen LogP contribution in [0.4, 0.5) is 27.4 Å². The van der Waals surface area contributed by atoms with E-state index in [9.17, 15) is 9.18 Å². The zero-order valence-corrected chi connectivity index (χ0v) is 44.0. The Morgan fingerprint density at radius 1 is 0.512 bits per heavy atom. The second kappa shape index (κ2) is 20.7. The molecule has 8 N–H and O–H groups in total. The molecular weight excluding hydrogens is 1010 g/mol. The van der Waals surface area contributed by atoms with E-state index in [1.54, 1.807) is 23.4 Å². The summed E-state index contributed by atoms with van der Waals surface area (Å²) in [6, 6.07) is 44.8. The fourth-order valence-electron chi connectivity index (χ4n) is 11.2. The standard InChI is InChI=1S/C31H30FN7O.C31H29N7O2/c32-22-17-20(18-24(19-22)38-13-15-40-16-14-38)26-8-9-27-30(36-26)39(29(37-27)25-3-1-12-35-28(25)33)23-6-4-21(5-7-23)31(34)10-2-11-31;32-28-24(6-2-15-34-28)29-36-26-12-11-25(20-4-1-5-23(18-20)37-16-17-40-19-27(37)39)35-30(26)38(29)22-9-7-21(8-10-22)31(33)13-3-14-31/h1,3-9,12,17-19H,2,10-11,13-16,34H2,(H2,33,35);1-2,4-12,15,18H,3,13-14,16-17,19,33H2,(H2,32,34). The highest BCUT2D eigenvalue weighted by molar-refractivity contribution is 5.95. The van der Waals surface area contributed by atoms with Crippen molar-refractivity contribution in [3.05, 3.63) is 169 Å². The number of carbonyl (C=O) groups excluding carboxylic acids is 1. The summed E-state index contributed by atoms with van der Waals surface area (Å²) in [4.78, 5) is 44.9. The Morgan fingerprint density at radius 3 is 1.55 bits per heavy atom. The SMILES string of the molecule is Nc1ncccc1-c1nc2ccc(-c3cc(F)cc(N4CCOCC4)c3)nc2n1-c1ccc(C2(N)CCC2)cc1.Nc1ncccc1-c1nc2ccc(-c3cccc(N4CCOCC4=O)c3)nc2n1-c1ccc(C2(N)CCC2)cc1. The van der Waals surface area contributed by atoms with Crippen LogP contribution in [0.1, 0.15) is 49.7 Å². The number of rotatable bonds is 10. The van der Waals surface area contributed by atoms with Gasteiger partial charge in [-0.05, 0) is 153 Å². The molecular formula is C62H59FN14O3. The van der Waals surface area contributed by atoms with Gasteiger partial charge >= 0.3 is 0 Å². The van der Waals surface area contributed by atoms with E-state index >= 15 is 0 Å². The van der Waals surface area contributed by atoms with Crippen molar-refractivity contribution in [3.63, 3.8) is 0 Å². The Morgan fingerprint density at radius 2 is 1.04 bits per heavy atom. The molecule has 80 heavy (non-hydrogen) atoms. The molecule has 402 valence electrons. The summed E-state index contributed by atoms with van der Waals surface area (Å²) in [5, 5.41) is 0. The second-order valence-electron chi connectivity index (χ2n) is 21.1. The summed E-state index contributed by atoms with van der Waals surface area (Å²) in [6.45, 7) is 3.83. The van der Waals surface area contributed by atoms with Crippen molar-refractivity contribution in [1.82, 2.24) is 39.0 Å². The highest BCUT2D eigenvalue weighted by Crippen LogP contribution is 2.42. The van der Waals surface area contributed by atoms with Gasteiger partial charge in [0.05, 0.1) is 42.3 Å². The Bertz CT molecular complexity index is 3960. The van der Waals surface area contributed by atoms with Crippen molar-refractivity contribution in [3.8, 4) is 56.7 Å². The number of benzene rings is 4. The fourth-order valence-corrected chi connectivity index (χ4v) is 11.2. The smallest absolute Gasteiger partial charge is 0.253 e. The molecule has 1 amide bonds. The van der Waals surface area contributed by atoms with Gasteiger partial charge in [-0.1, -0.05) is 36.4 Å². The Labute approximate surface area is 461 Å². The third-order valence-electron chi connectivity index (χ3n) is 16.1. The minimum Gasteiger partial charge on any atom is -0.383 e. The first-order valence-electron chi connectivity index (χ1n) is 27.1. The van der Waals surface area contributed by atoms with Gasteiger partial charge in [0.1, 0.15) is 35.1 Å². The van der Waals surface area contributed by atoms with E-state index in [0.29, 0.717) is 83.3 Å². The molecule has 4 aromatic carbocycles. The molecule has 2 saturated carbocycles. The number of carbonyl (C=O) groups is 1. The quantitative estimate of drug-likeness (QED) is 0.0999. The predicted molar refractivity (Wildman–Crippen MR) is 309 cm³/mol. The first kappa shape index (κ1) is 50.6. The summed E-state index contributed by atoms with van der Waals surface area (Å²) >= 11 is 0. The number of imidazole rings is 2. The summed E-state index contributed by atoms with van der Waals surface area (Å²) in [6.07, 6.45) is 9.60. The first-order valence-corrected chi connectivity index (χ1v) is 27.1. The fraction of sp³-hybridized carbons (Fsp3) is 0.242. The van der Waals surface area contributed by atoms with Crippen LogP contribution in [0.2, 0.25) is 0 Å². The second-order valence-corrected chi connectivity index (χ2v) is 21.1. The maximum atomic E-state index is 14.8. The van der Waals surface area contributed by atoms with Gasteiger partial charge in [-0.3, -0.25) is 13.9 Å². The molecule has 17 nitrogen and oxygen atoms in total. The minimum absolute atomic E-state index is 0.0480. The van der Waals surface area contributed by atoms with Crippen molar-refractivity contribution >= 4 is 51.2 Å². The number of morpholine rings is 2. The number of amides is 1. The number of fused-ring (bicyclic) bond motifs is 2. The van der Waals surface area contributed by atoms with Crippen LogP contribution >= 0.6 is 0 Å². The van der Waals surface area contributed by atoms with Gasteiger partial charge in [-0.25, -0.2) is 34.3 Å². The Kier molecular flexibility index (Phi) is 13.1. The Balaban J connectivity index is 0.000000151. The van der Waals surface area contributed by atoms with Crippen LogP contribution in [0.25, 0.3) is 79.0 Å². The van der Waals surface area contributed by atoms with E-state index in [2.05, 4.69) is 51.3 Å². The number of aromatic nitrogens is 8. The van der Waals surface area contributed by atoms with Crippen molar-refractivity contribution in [1.29, 1.82) is 0 Å². The van der Waals surface area contributed by atoms with E-state index in [4.69, 9.17) is 52.3 Å². The van der Waals surface area contributed by atoms with Crippen LogP contribution in [0.15, 0.2) is 152 Å². The van der Waals surface area contributed by atoms with Crippen LogP contribution in [-0.4, -0.2) is 91.0 Å². The lowest BCUT2D eigenvalue weighted by atomic mass is 9.73. The lowest BCUT2D eigenvalue weighted by Crippen LogP contribution is -2.43. The van der Waals surface area contributed by atoms with Gasteiger partial charge < -0.3 is 42.2 Å². The largest absolute Gasteiger partial charge is 0.383 e. The van der Waals surface area contributed by atoms with Gasteiger partial charge in [0.2, 0.25) is 0 Å². The molecule has 0 unspecified atom stereocenters. The molecule has 0 bridgehead atoms. The first-order chi connectivity index (χ1) is 39.0. The molecule has 2 saturated heterocycles. The number of anilines is 4. The zero-order valence-electron chi connectivity index (χ0n) is 44.0. The number of hydrogen-bond acceptors (Lipinski definition) is 14. The van der Waals surface area contributed by atoms with Crippen LogP contribution in [0, 0.1) is 5.82 Å². The predicted octanol–water partition coefficient (Wildman–Crippen LogP) is 9.48. The molecule has 4 aliphatic rings. The number of nitrogens with zero attached hydrogens (tertiary/aromatic N) is 10. The summed E-state index contributed by atoms with van der Waals surface area (Å²) in [5.41, 5.74) is 38.2. The lowest BCUT2D eigenvalue weighted by Gasteiger charge is -2.38. The third kappa shape index (κ3) is 9.44. The summed E-state index contributed by atoms with van der Waals surface area (Å²) in [5.74, 6) is 1.73. The molecule has 4 fully saturated rings. The van der Waals surface area contributed by atoms with Crippen LogP contribution in [-0.2, 0) is 25.3 Å². The number of nitrogen functional groups attached to an aromatic ring is 2. The van der Waals surface area contributed by atoms with E-state index in [-0.39, 0.29) is 29.4 Å². The molecule has 10 aromatic rings. The maximum Gasteiger partial charge on any atom is 0.253 e. The lowest BCUT2D eigenvalue weighted by molar-refractivity contribution is -0.125. The number of halogens is 1. The van der Waals surface area contributed by atoms with E-state index in [1.807, 2.05) is 100 Å². The summed E-state index contributed by atoms with van der Waals surface area (Å²) < 4.78 is 29.6. The van der Waals surface area contributed by atoms with Crippen molar-refractivity contribution in [2.24, 2.45) is 11.5 Å². The molecule has 6 aromatic heterocycles. The van der Waals surface area contributed by atoms with Gasteiger partial charge in [-0.15, -0.1) is 0 Å². The molecule has 0 spiro atoms. The monoisotopic (exact) mass is 1070 g/mol. The topological polar surface area (TPSA) is 233 Å². The highest BCUT2D eigenvalue weighted by Gasteiger charge is 2.35. The third-order valence-corrected chi connectivity index (χ3v) is 16.1. The molecule has 14 rings (SSSR count). The summed E-state index contributed by atoms with van der Waals surface area (Å²) in [7, 11) is 0. The van der Waals surface area contributed by atoms with Crippen molar-refractivity contribution in [2.45, 2.75) is 49.6 Å². The van der Waals surface area contributed by atoms with E-state index < -0.39 is 0 Å². The molecule has 0 radical (unpaired) electrons. The van der Waals surface area contributed by atoms with Crippen LogP contribution in [0.3, 0.4) is 0 Å². The molecule has 8 heterocycles. The zero-order chi connectivity index (χ0) is 54.5. The van der Waals surface area contributed by atoms with E-state index in [1.165, 1.54) is 6.07 Å².